The lowest BCUT2D eigenvalue weighted by Gasteiger charge is -2.23. The van der Waals surface area contributed by atoms with Gasteiger partial charge in [-0.15, -0.1) is 0 Å². The van der Waals surface area contributed by atoms with Gasteiger partial charge in [0.1, 0.15) is 11.6 Å². The van der Waals surface area contributed by atoms with Crippen molar-refractivity contribution >= 4 is 23.5 Å². The van der Waals surface area contributed by atoms with Crippen LogP contribution in [0.25, 0.3) is 0 Å². The van der Waals surface area contributed by atoms with Crippen LogP contribution in [-0.2, 0) is 24.3 Å². The molecular weight excluding hydrogens is 470 g/mol. The first-order valence-corrected chi connectivity index (χ1v) is 12.8. The van der Waals surface area contributed by atoms with Crippen molar-refractivity contribution in [3.63, 3.8) is 0 Å². The summed E-state index contributed by atoms with van der Waals surface area (Å²) in [4.78, 5) is 28.4. The van der Waals surface area contributed by atoms with Crippen molar-refractivity contribution in [3.8, 4) is 0 Å². The number of carbonyl (C=O) groups is 1. The van der Waals surface area contributed by atoms with Gasteiger partial charge in [-0.25, -0.2) is 9.97 Å². The minimum Gasteiger partial charge on any atom is -0.455 e. The van der Waals surface area contributed by atoms with Gasteiger partial charge in [0.2, 0.25) is 0 Å². The normalized spacial score (nSPS) is 11.3. The Balaban J connectivity index is 1.43. The van der Waals surface area contributed by atoms with E-state index in [2.05, 4.69) is 54.2 Å². The van der Waals surface area contributed by atoms with Crippen molar-refractivity contribution in [1.29, 1.82) is 0 Å². The first-order chi connectivity index (χ1) is 17.3. The fraction of sp³-hybridized carbons (Fsp3) is 0.286. The minimum atomic E-state index is -0.271. The highest BCUT2D eigenvalue weighted by Gasteiger charge is 2.20. The lowest BCUT2D eigenvalue weighted by molar-refractivity contribution is 0.0921. The summed E-state index contributed by atoms with van der Waals surface area (Å²) in [5, 5.41) is 3.51. The molecule has 0 saturated heterocycles. The van der Waals surface area contributed by atoms with E-state index in [1.807, 2.05) is 49.5 Å². The Morgan fingerprint density at radius 3 is 2.53 bits per heavy atom. The average molecular weight is 502 g/mol. The van der Waals surface area contributed by atoms with Crippen LogP contribution in [0.3, 0.4) is 0 Å². The van der Waals surface area contributed by atoms with Crippen molar-refractivity contribution in [2.24, 2.45) is 0 Å². The molecule has 1 amide bonds. The number of carbonyl (C=O) groups excluding carboxylic acids is 1. The van der Waals surface area contributed by atoms with Gasteiger partial charge in [0.05, 0.1) is 23.7 Å². The molecule has 4 rings (SSSR count). The van der Waals surface area contributed by atoms with Gasteiger partial charge >= 0.3 is 0 Å². The molecule has 0 fully saturated rings. The quantitative estimate of drug-likeness (QED) is 0.235. The molecule has 0 bridgehead atoms. The van der Waals surface area contributed by atoms with E-state index in [-0.39, 0.29) is 17.1 Å². The van der Waals surface area contributed by atoms with E-state index in [1.54, 1.807) is 12.3 Å². The third kappa shape index (κ3) is 6.95. The number of hydrogen-bond donors (Lipinski definition) is 1. The topological polar surface area (TPSA) is 84.2 Å². The number of amides is 1. The predicted octanol–water partition coefficient (Wildman–Crippen LogP) is 5.62. The average Bonchev–Trinajstić information content (AvgIpc) is 3.36. The second-order valence-electron chi connectivity index (χ2n) is 9.54. The van der Waals surface area contributed by atoms with Crippen LogP contribution in [0.1, 0.15) is 54.0 Å². The van der Waals surface area contributed by atoms with Gasteiger partial charge in [-0.2, -0.15) is 0 Å². The molecule has 3 aromatic heterocycles. The highest BCUT2D eigenvalue weighted by Crippen LogP contribution is 2.29. The molecule has 4 aromatic rings. The van der Waals surface area contributed by atoms with Crippen LogP contribution in [0.5, 0.6) is 0 Å². The van der Waals surface area contributed by atoms with Crippen molar-refractivity contribution in [1.82, 2.24) is 20.3 Å². The van der Waals surface area contributed by atoms with Gasteiger partial charge in [-0.3, -0.25) is 9.78 Å². The number of pyridine rings is 1. The Hall–Kier alpha value is -3.65. The highest BCUT2D eigenvalue weighted by atomic mass is 32.2. The summed E-state index contributed by atoms with van der Waals surface area (Å²) < 4.78 is 5.79. The monoisotopic (exact) mass is 501 g/mol. The summed E-state index contributed by atoms with van der Waals surface area (Å²) in [6, 6.07) is 21.5. The van der Waals surface area contributed by atoms with Gasteiger partial charge in [0.25, 0.3) is 5.91 Å². The number of nitrogens with one attached hydrogen (secondary N) is 1. The number of rotatable bonds is 9. The molecular formula is C28H31N5O2S. The van der Waals surface area contributed by atoms with Gasteiger partial charge in [0, 0.05) is 31.3 Å². The van der Waals surface area contributed by atoms with Crippen molar-refractivity contribution in [2.75, 3.05) is 11.9 Å². The molecule has 0 unspecified atom stereocenters. The number of hydrogen-bond acceptors (Lipinski definition) is 7. The number of benzene rings is 1. The molecule has 1 N–H and O–H groups in total. The first-order valence-electron chi connectivity index (χ1n) is 11.8. The van der Waals surface area contributed by atoms with Gasteiger partial charge in [-0.1, -0.05) is 68.9 Å². The lowest BCUT2D eigenvalue weighted by atomic mass is 9.92. The largest absolute Gasteiger partial charge is 0.455 e. The van der Waals surface area contributed by atoms with E-state index in [0.29, 0.717) is 23.2 Å². The zero-order valence-corrected chi connectivity index (χ0v) is 21.9. The summed E-state index contributed by atoms with van der Waals surface area (Å²) in [7, 11) is 2.04. The predicted molar refractivity (Wildman–Crippen MR) is 143 cm³/mol. The van der Waals surface area contributed by atoms with Crippen LogP contribution in [0.2, 0.25) is 0 Å². The number of aromatic nitrogens is 3. The van der Waals surface area contributed by atoms with Crippen LogP contribution in [0.4, 0.5) is 5.82 Å². The molecule has 7 nitrogen and oxygen atoms in total. The van der Waals surface area contributed by atoms with E-state index in [9.17, 15) is 4.79 Å². The summed E-state index contributed by atoms with van der Waals surface area (Å²) in [5.74, 6) is 2.08. The molecule has 1 aromatic carbocycles. The summed E-state index contributed by atoms with van der Waals surface area (Å²) in [6.07, 6.45) is 1.70. The second kappa shape index (κ2) is 11.4. The van der Waals surface area contributed by atoms with Crippen molar-refractivity contribution in [2.45, 2.75) is 50.2 Å². The molecule has 0 aliphatic heterocycles. The maximum atomic E-state index is 12.5. The van der Waals surface area contributed by atoms with E-state index in [4.69, 9.17) is 14.4 Å². The molecule has 0 atom stereocenters. The Kier molecular flexibility index (Phi) is 8.05. The summed E-state index contributed by atoms with van der Waals surface area (Å²) in [6.45, 7) is 7.53. The van der Waals surface area contributed by atoms with E-state index in [1.165, 1.54) is 17.3 Å². The van der Waals surface area contributed by atoms with Gasteiger partial charge in [-0.05, 0) is 29.8 Å². The van der Waals surface area contributed by atoms with Crippen LogP contribution >= 0.6 is 11.8 Å². The molecule has 0 saturated carbocycles. The summed E-state index contributed by atoms with van der Waals surface area (Å²) >= 11 is 1.49. The molecule has 0 radical (unpaired) electrons. The lowest BCUT2D eigenvalue weighted by Crippen LogP contribution is -2.22. The van der Waals surface area contributed by atoms with Crippen LogP contribution in [-0.4, -0.2) is 27.9 Å². The maximum absolute atomic E-state index is 12.5. The zero-order chi connectivity index (χ0) is 25.5. The SMILES string of the molecule is CN(Cc1ccccc1)c1cc(C(C)(C)C)nc(SCc2ccc(C(=O)NCc3ccccn3)o2)n1. The molecule has 3 heterocycles. The second-order valence-corrected chi connectivity index (χ2v) is 10.5. The van der Waals surface area contributed by atoms with Crippen molar-refractivity contribution in [3.05, 3.63) is 101 Å². The smallest absolute Gasteiger partial charge is 0.287 e. The Morgan fingerprint density at radius 2 is 1.81 bits per heavy atom. The van der Waals surface area contributed by atoms with Crippen LogP contribution in [0, 0.1) is 0 Å². The van der Waals surface area contributed by atoms with Crippen molar-refractivity contribution < 1.29 is 9.21 Å². The Labute approximate surface area is 216 Å². The molecule has 0 aliphatic rings. The van der Waals surface area contributed by atoms with Crippen LogP contribution < -0.4 is 10.2 Å². The molecule has 0 spiro atoms. The molecule has 36 heavy (non-hydrogen) atoms. The Morgan fingerprint density at radius 1 is 1.03 bits per heavy atom. The number of anilines is 1. The minimum absolute atomic E-state index is 0.121. The zero-order valence-electron chi connectivity index (χ0n) is 21.1. The first kappa shape index (κ1) is 25.4. The van der Waals surface area contributed by atoms with E-state index >= 15 is 0 Å². The number of nitrogens with zero attached hydrogens (tertiary/aromatic N) is 4. The van der Waals surface area contributed by atoms with Gasteiger partial charge < -0.3 is 14.6 Å². The van der Waals surface area contributed by atoms with Crippen LogP contribution in [0.15, 0.2) is 82.5 Å². The fourth-order valence-corrected chi connectivity index (χ4v) is 4.22. The molecule has 8 heteroatoms. The molecule has 186 valence electrons. The third-order valence-corrected chi connectivity index (χ3v) is 6.37. The maximum Gasteiger partial charge on any atom is 0.287 e. The highest BCUT2D eigenvalue weighted by molar-refractivity contribution is 7.98. The van der Waals surface area contributed by atoms with E-state index in [0.717, 1.165) is 23.8 Å². The number of thioether (sulfide) groups is 1. The van der Waals surface area contributed by atoms with E-state index < -0.39 is 0 Å². The number of furan rings is 1. The summed E-state index contributed by atoms with van der Waals surface area (Å²) in [5.41, 5.74) is 2.86. The molecule has 0 aliphatic carbocycles. The Bertz CT molecular complexity index is 1290. The third-order valence-electron chi connectivity index (χ3n) is 5.50. The fourth-order valence-electron chi connectivity index (χ4n) is 3.47. The standard InChI is InChI=1S/C28H31N5O2S/c1-28(2,3)24-16-25(33(4)18-20-10-6-5-7-11-20)32-27(31-24)36-19-22-13-14-23(35-22)26(34)30-17-21-12-8-9-15-29-21/h5-16H,17-19H2,1-4H3,(H,30,34). The van der Waals surface area contributed by atoms with Gasteiger partial charge in [0.15, 0.2) is 10.9 Å².